The Morgan fingerprint density at radius 1 is 1.14 bits per heavy atom. The molecule has 6 nitrogen and oxygen atoms in total. The van der Waals surface area contributed by atoms with Crippen molar-refractivity contribution in [3.63, 3.8) is 0 Å². The maximum atomic E-state index is 11.2. The summed E-state index contributed by atoms with van der Waals surface area (Å²) >= 11 is -3.22. The first kappa shape index (κ1) is 15.2. The number of nitrogens with zero attached hydrogens (tertiary/aromatic N) is 2. The van der Waals surface area contributed by atoms with Crippen LogP contribution in [0.15, 0.2) is 30.6 Å². The van der Waals surface area contributed by atoms with E-state index in [1.807, 2.05) is 13.8 Å². The molecule has 0 amide bonds. The number of hydrogen-bond donors (Lipinski definition) is 3. The minimum atomic E-state index is -4.84. The Morgan fingerprint density at radius 2 is 1.82 bits per heavy atom. The number of anilines is 2. The third-order valence-electron chi connectivity index (χ3n) is 3.43. The van der Waals surface area contributed by atoms with Crippen LogP contribution in [0.1, 0.15) is 10.4 Å². The zero-order chi connectivity index (χ0) is 15.9. The van der Waals surface area contributed by atoms with Crippen molar-refractivity contribution in [3.05, 3.63) is 41.0 Å². The molecule has 2 heterocycles. The van der Waals surface area contributed by atoms with E-state index >= 15 is 0 Å². The molecule has 0 saturated heterocycles. The minimum absolute atomic E-state index is 0.0547. The fourth-order valence-electron chi connectivity index (χ4n) is 2.15. The summed E-state index contributed by atoms with van der Waals surface area (Å²) in [4.78, 5) is 10.7. The van der Waals surface area contributed by atoms with Crippen molar-refractivity contribution < 1.29 is 11.9 Å². The van der Waals surface area contributed by atoms with E-state index in [0.29, 0.717) is 5.82 Å². The van der Waals surface area contributed by atoms with Gasteiger partial charge in [-0.25, -0.2) is 0 Å². The molecule has 0 aliphatic rings. The predicted octanol–water partition coefficient (Wildman–Crippen LogP) is 1.61. The third kappa shape index (κ3) is 2.80. The molecule has 8 heteroatoms. The molecule has 0 fully saturated rings. The summed E-state index contributed by atoms with van der Waals surface area (Å²) in [5.74, 6) is 0.695. The average molecular weight is 379 g/mol. The first-order valence-electron chi connectivity index (χ1n) is 6.50. The molecule has 114 valence electrons. The van der Waals surface area contributed by atoms with Gasteiger partial charge in [-0.15, -0.1) is 0 Å². The second-order valence-corrected chi connectivity index (χ2v) is 9.47. The van der Waals surface area contributed by atoms with E-state index in [2.05, 4.69) is 15.3 Å². The molecule has 0 bridgehead atoms. The molecule has 0 saturated carbocycles. The Kier molecular flexibility index (Phi) is 3.82. The van der Waals surface area contributed by atoms with E-state index in [9.17, 15) is 11.9 Å². The van der Waals surface area contributed by atoms with Gasteiger partial charge in [-0.2, -0.15) is 0 Å². The van der Waals surface area contributed by atoms with E-state index < -0.39 is 14.2 Å². The van der Waals surface area contributed by atoms with Crippen molar-refractivity contribution >= 4 is 51.6 Å². The Morgan fingerprint density at radius 3 is 2.45 bits per heavy atom. The van der Waals surface area contributed by atoms with E-state index in [4.69, 9.17) is 0 Å². The van der Waals surface area contributed by atoms with Crippen LogP contribution in [0, 0.1) is 13.8 Å². The van der Waals surface area contributed by atoms with Crippen LogP contribution in [0.5, 0.6) is 0 Å². The van der Waals surface area contributed by atoms with Crippen LogP contribution in [-0.4, -0.2) is 32.3 Å². The standard InChI is InChI=1S/C14H14AsN3O3S/c1-8-9(2)22-14-12(8)13(16-7-17-14)18-11-5-3-10(4-6-11)15(19,20)21/h3-7H,1-2H3,(H,16,17,18)(H2,19,20,21). The van der Waals surface area contributed by atoms with Crippen LogP contribution in [0.4, 0.5) is 11.5 Å². The topological polar surface area (TPSA) is 95.3 Å². The first-order valence-corrected chi connectivity index (χ1v) is 10.7. The Labute approximate surface area is 133 Å². The first-order chi connectivity index (χ1) is 10.4. The fourth-order valence-corrected chi connectivity index (χ4v) is 4.28. The summed E-state index contributed by atoms with van der Waals surface area (Å²) in [5, 5.41) is 4.17. The van der Waals surface area contributed by atoms with Crippen molar-refractivity contribution in [1.82, 2.24) is 9.97 Å². The number of nitrogens with one attached hydrogen (secondary N) is 1. The fraction of sp³-hybridized carbons (Fsp3) is 0.143. The van der Waals surface area contributed by atoms with Crippen LogP contribution in [0.2, 0.25) is 0 Å². The summed E-state index contributed by atoms with van der Waals surface area (Å²) in [6, 6.07) is 6.15. The zero-order valence-electron chi connectivity index (χ0n) is 11.9. The second kappa shape index (κ2) is 5.52. The van der Waals surface area contributed by atoms with Crippen molar-refractivity contribution in [1.29, 1.82) is 0 Å². The van der Waals surface area contributed by atoms with Gasteiger partial charge in [-0.1, -0.05) is 0 Å². The van der Waals surface area contributed by atoms with Gasteiger partial charge in [0.1, 0.15) is 0 Å². The van der Waals surface area contributed by atoms with Gasteiger partial charge in [0, 0.05) is 0 Å². The molecular formula is C14H14AsN3O3S. The van der Waals surface area contributed by atoms with E-state index in [1.165, 1.54) is 23.3 Å². The van der Waals surface area contributed by atoms with Gasteiger partial charge in [0.2, 0.25) is 0 Å². The Hall–Kier alpha value is -1.66. The Balaban J connectivity index is 1.98. The SMILES string of the molecule is Cc1sc2ncnc(Nc3ccc([As](=O)(O)O)cc3)c2c1C. The zero-order valence-corrected chi connectivity index (χ0v) is 14.6. The molecule has 0 unspecified atom stereocenters. The van der Waals surface area contributed by atoms with Crippen LogP contribution in [0.3, 0.4) is 0 Å². The van der Waals surface area contributed by atoms with Crippen molar-refractivity contribution in [2.75, 3.05) is 5.32 Å². The van der Waals surface area contributed by atoms with E-state index in [1.54, 1.807) is 23.5 Å². The third-order valence-corrected chi connectivity index (χ3v) is 6.58. The summed E-state index contributed by atoms with van der Waals surface area (Å²) in [6.45, 7) is 4.07. The molecule has 0 spiro atoms. The quantitative estimate of drug-likeness (QED) is 0.599. The molecule has 22 heavy (non-hydrogen) atoms. The molecule has 3 N–H and O–H groups in total. The second-order valence-electron chi connectivity index (χ2n) is 4.90. The number of hydrogen-bond acceptors (Lipinski definition) is 5. The van der Waals surface area contributed by atoms with Gasteiger partial charge in [0.05, 0.1) is 0 Å². The molecule has 2 aromatic heterocycles. The number of thiophene rings is 1. The van der Waals surface area contributed by atoms with Gasteiger partial charge in [-0.05, 0) is 0 Å². The summed E-state index contributed by atoms with van der Waals surface area (Å²) in [5.41, 5.74) is 1.86. The van der Waals surface area contributed by atoms with Crippen molar-refractivity contribution in [2.45, 2.75) is 13.8 Å². The van der Waals surface area contributed by atoms with Gasteiger partial charge >= 0.3 is 134 Å². The number of benzene rings is 1. The maximum absolute atomic E-state index is 11.2. The Bertz CT molecular complexity index is 886. The molecule has 0 radical (unpaired) electrons. The van der Waals surface area contributed by atoms with Crippen LogP contribution in [-0.2, 0) is 3.74 Å². The van der Waals surface area contributed by atoms with Crippen LogP contribution in [0.25, 0.3) is 10.2 Å². The normalized spacial score (nSPS) is 11.8. The summed E-state index contributed by atoms with van der Waals surface area (Å²) < 4.78 is 29.7. The number of fused-ring (bicyclic) bond motifs is 1. The summed E-state index contributed by atoms with van der Waals surface area (Å²) in [6.07, 6.45) is 1.51. The van der Waals surface area contributed by atoms with E-state index in [0.717, 1.165) is 21.5 Å². The van der Waals surface area contributed by atoms with Crippen LogP contribution >= 0.6 is 11.3 Å². The molecular weight excluding hydrogens is 365 g/mol. The monoisotopic (exact) mass is 379 g/mol. The molecule has 0 aliphatic carbocycles. The van der Waals surface area contributed by atoms with Crippen molar-refractivity contribution in [2.24, 2.45) is 0 Å². The average Bonchev–Trinajstić information content (AvgIpc) is 2.75. The number of rotatable bonds is 3. The van der Waals surface area contributed by atoms with Crippen molar-refractivity contribution in [3.8, 4) is 0 Å². The molecule has 3 aromatic rings. The molecule has 0 aliphatic heterocycles. The number of aryl methyl sites for hydroxylation is 2. The van der Waals surface area contributed by atoms with Gasteiger partial charge in [0.25, 0.3) is 0 Å². The molecule has 3 rings (SSSR count). The van der Waals surface area contributed by atoms with E-state index in [-0.39, 0.29) is 4.35 Å². The number of aromatic nitrogens is 2. The van der Waals surface area contributed by atoms with Gasteiger partial charge < -0.3 is 0 Å². The van der Waals surface area contributed by atoms with Gasteiger partial charge in [0.15, 0.2) is 0 Å². The molecule has 0 atom stereocenters. The summed E-state index contributed by atoms with van der Waals surface area (Å²) in [7, 11) is 0. The molecule has 1 aromatic carbocycles. The van der Waals surface area contributed by atoms with Gasteiger partial charge in [-0.3, -0.25) is 0 Å². The predicted molar refractivity (Wildman–Crippen MR) is 87.1 cm³/mol. The van der Waals surface area contributed by atoms with Crippen LogP contribution < -0.4 is 9.67 Å².